The Morgan fingerprint density at radius 2 is 2.05 bits per heavy atom. The largest absolute Gasteiger partial charge is 0.481 e. The smallest absolute Gasteiger partial charge is 0.314 e. The number of hydrogen-bond donors (Lipinski definition) is 1. The number of aliphatic carboxylic acids is 1. The molecule has 0 aromatic heterocycles. The van der Waals surface area contributed by atoms with E-state index >= 15 is 0 Å². The first-order valence-corrected chi connectivity index (χ1v) is 6.32. The standard InChI is InChI=1S/C14H14O5/c1-2-7-3-10(14(16)17)13(15)9-5-12-11(4-8(7)9)18-6-19-12/h4-5,7,10H,2-3,6H2,1H3,(H,16,17). The van der Waals surface area contributed by atoms with E-state index in [-0.39, 0.29) is 18.5 Å². The molecule has 2 aliphatic rings. The second-order valence-corrected chi connectivity index (χ2v) is 4.89. The Kier molecular flexibility index (Phi) is 2.69. The van der Waals surface area contributed by atoms with Crippen LogP contribution in [0.1, 0.15) is 41.6 Å². The summed E-state index contributed by atoms with van der Waals surface area (Å²) < 4.78 is 10.6. The van der Waals surface area contributed by atoms with Gasteiger partial charge in [0.25, 0.3) is 0 Å². The van der Waals surface area contributed by atoms with Gasteiger partial charge in [-0.2, -0.15) is 0 Å². The second-order valence-electron chi connectivity index (χ2n) is 4.89. The number of carboxylic acids is 1. The normalized spacial score (nSPS) is 24.2. The third-order valence-corrected chi connectivity index (χ3v) is 3.88. The van der Waals surface area contributed by atoms with Gasteiger partial charge < -0.3 is 14.6 Å². The van der Waals surface area contributed by atoms with Crippen molar-refractivity contribution >= 4 is 11.8 Å². The predicted molar refractivity (Wildman–Crippen MR) is 65.7 cm³/mol. The molecule has 19 heavy (non-hydrogen) atoms. The lowest BCUT2D eigenvalue weighted by molar-refractivity contribution is -0.140. The Labute approximate surface area is 110 Å². The monoisotopic (exact) mass is 262 g/mol. The summed E-state index contributed by atoms with van der Waals surface area (Å²) in [6.45, 7) is 2.14. The van der Waals surface area contributed by atoms with Crippen molar-refractivity contribution < 1.29 is 24.2 Å². The summed E-state index contributed by atoms with van der Waals surface area (Å²) in [5.41, 5.74) is 1.35. The Morgan fingerprint density at radius 3 is 2.68 bits per heavy atom. The molecule has 0 amide bonds. The molecule has 0 bridgehead atoms. The number of fused-ring (bicyclic) bond motifs is 2. The maximum absolute atomic E-state index is 12.2. The maximum atomic E-state index is 12.2. The highest BCUT2D eigenvalue weighted by Crippen LogP contribution is 2.43. The molecule has 3 rings (SSSR count). The number of hydrogen-bond acceptors (Lipinski definition) is 4. The van der Waals surface area contributed by atoms with Crippen LogP contribution in [-0.4, -0.2) is 23.7 Å². The molecular weight excluding hydrogens is 248 g/mol. The lowest BCUT2D eigenvalue weighted by Gasteiger charge is -2.28. The van der Waals surface area contributed by atoms with Crippen molar-refractivity contribution in [1.29, 1.82) is 0 Å². The zero-order chi connectivity index (χ0) is 13.6. The SMILES string of the molecule is CCC1CC(C(=O)O)C(=O)c2cc3c(cc21)OCO3. The number of Topliss-reactive ketones (excluding diaryl/α,β-unsaturated/α-hetero) is 1. The first-order chi connectivity index (χ1) is 9.11. The third kappa shape index (κ3) is 1.77. The summed E-state index contributed by atoms with van der Waals surface area (Å²) in [5, 5.41) is 9.16. The first kappa shape index (κ1) is 12.0. The van der Waals surface area contributed by atoms with Crippen LogP contribution in [-0.2, 0) is 4.79 Å². The van der Waals surface area contributed by atoms with E-state index in [9.17, 15) is 9.59 Å². The van der Waals surface area contributed by atoms with E-state index in [0.717, 1.165) is 12.0 Å². The van der Waals surface area contributed by atoms with Gasteiger partial charge >= 0.3 is 5.97 Å². The van der Waals surface area contributed by atoms with E-state index in [1.165, 1.54) is 0 Å². The van der Waals surface area contributed by atoms with E-state index in [2.05, 4.69) is 0 Å². The first-order valence-electron chi connectivity index (χ1n) is 6.32. The molecule has 1 aliphatic heterocycles. The molecule has 0 spiro atoms. The van der Waals surface area contributed by atoms with Crippen molar-refractivity contribution in [2.24, 2.45) is 5.92 Å². The van der Waals surface area contributed by atoms with E-state index in [1.54, 1.807) is 6.07 Å². The van der Waals surface area contributed by atoms with E-state index < -0.39 is 11.9 Å². The minimum atomic E-state index is -1.05. The van der Waals surface area contributed by atoms with Gasteiger partial charge in [-0.3, -0.25) is 9.59 Å². The van der Waals surface area contributed by atoms with Gasteiger partial charge in [-0.1, -0.05) is 6.92 Å². The molecule has 0 fully saturated rings. The number of benzene rings is 1. The van der Waals surface area contributed by atoms with Gasteiger partial charge in [0.05, 0.1) is 0 Å². The van der Waals surface area contributed by atoms with Gasteiger partial charge in [0.2, 0.25) is 6.79 Å². The minimum Gasteiger partial charge on any atom is -0.481 e. The third-order valence-electron chi connectivity index (χ3n) is 3.88. The molecule has 1 heterocycles. The van der Waals surface area contributed by atoms with Crippen LogP contribution in [0.3, 0.4) is 0 Å². The summed E-state index contributed by atoms with van der Waals surface area (Å²) in [6, 6.07) is 3.44. The van der Waals surface area contributed by atoms with Gasteiger partial charge in [0.1, 0.15) is 5.92 Å². The summed E-state index contributed by atoms with van der Waals surface area (Å²) in [7, 11) is 0. The van der Waals surface area contributed by atoms with Crippen LogP contribution in [0.5, 0.6) is 11.5 Å². The van der Waals surface area contributed by atoms with Crippen LogP contribution in [0.25, 0.3) is 0 Å². The Morgan fingerprint density at radius 1 is 1.37 bits per heavy atom. The van der Waals surface area contributed by atoms with E-state index in [4.69, 9.17) is 14.6 Å². The average Bonchev–Trinajstić information content (AvgIpc) is 2.84. The fraction of sp³-hybridized carbons (Fsp3) is 0.429. The number of carbonyl (C=O) groups excluding carboxylic acids is 1. The van der Waals surface area contributed by atoms with Crippen molar-refractivity contribution in [2.75, 3.05) is 6.79 Å². The van der Waals surface area contributed by atoms with Crippen molar-refractivity contribution in [1.82, 2.24) is 0 Å². The molecule has 1 aromatic carbocycles. The van der Waals surface area contributed by atoms with Gasteiger partial charge in [-0.05, 0) is 36.5 Å². The molecular formula is C14H14O5. The quantitative estimate of drug-likeness (QED) is 0.827. The van der Waals surface area contributed by atoms with Crippen LogP contribution in [0.15, 0.2) is 12.1 Å². The number of carbonyl (C=O) groups is 2. The number of ketones is 1. The van der Waals surface area contributed by atoms with Gasteiger partial charge in [0.15, 0.2) is 17.3 Å². The van der Waals surface area contributed by atoms with Gasteiger partial charge in [-0.15, -0.1) is 0 Å². The van der Waals surface area contributed by atoms with Crippen molar-refractivity contribution in [2.45, 2.75) is 25.7 Å². The highest BCUT2D eigenvalue weighted by atomic mass is 16.7. The predicted octanol–water partition coefficient (Wildman–Crippen LogP) is 2.20. The fourth-order valence-electron chi connectivity index (χ4n) is 2.81. The van der Waals surface area contributed by atoms with Gasteiger partial charge in [-0.25, -0.2) is 0 Å². The van der Waals surface area contributed by atoms with Crippen molar-refractivity contribution in [3.8, 4) is 11.5 Å². The number of carboxylic acid groups (broad SMARTS) is 1. The fourth-order valence-corrected chi connectivity index (χ4v) is 2.81. The Balaban J connectivity index is 2.12. The Bertz CT molecular complexity index is 563. The van der Waals surface area contributed by atoms with Crippen LogP contribution in [0.4, 0.5) is 0 Å². The summed E-state index contributed by atoms with van der Waals surface area (Å²) in [5.74, 6) is -1.09. The molecule has 2 atom stereocenters. The van der Waals surface area contributed by atoms with E-state index in [1.807, 2.05) is 13.0 Å². The Hall–Kier alpha value is -2.04. The maximum Gasteiger partial charge on any atom is 0.314 e. The van der Waals surface area contributed by atoms with Crippen molar-refractivity contribution in [3.63, 3.8) is 0 Å². The molecule has 100 valence electrons. The van der Waals surface area contributed by atoms with Crippen molar-refractivity contribution in [3.05, 3.63) is 23.3 Å². The summed E-state index contributed by atoms with van der Waals surface area (Å²) in [6.07, 6.45) is 1.15. The lowest BCUT2D eigenvalue weighted by Crippen LogP contribution is -2.31. The molecule has 0 saturated carbocycles. The zero-order valence-electron chi connectivity index (χ0n) is 10.5. The molecule has 1 aliphatic carbocycles. The average molecular weight is 262 g/mol. The summed E-state index contributed by atoms with van der Waals surface area (Å²) in [4.78, 5) is 23.4. The van der Waals surface area contributed by atoms with E-state index in [0.29, 0.717) is 23.5 Å². The number of ether oxygens (including phenoxy) is 2. The summed E-state index contributed by atoms with van der Waals surface area (Å²) >= 11 is 0. The molecule has 0 saturated heterocycles. The van der Waals surface area contributed by atoms with Gasteiger partial charge in [0, 0.05) is 5.56 Å². The van der Waals surface area contributed by atoms with Crippen LogP contribution in [0, 0.1) is 5.92 Å². The zero-order valence-corrected chi connectivity index (χ0v) is 10.5. The van der Waals surface area contributed by atoms with Crippen LogP contribution < -0.4 is 9.47 Å². The lowest BCUT2D eigenvalue weighted by atomic mass is 9.75. The molecule has 1 aromatic rings. The van der Waals surface area contributed by atoms with Crippen LogP contribution in [0.2, 0.25) is 0 Å². The highest BCUT2D eigenvalue weighted by molar-refractivity contribution is 6.10. The molecule has 1 N–H and O–H groups in total. The minimum absolute atomic E-state index is 0.0725. The second kappa shape index (κ2) is 4.26. The topological polar surface area (TPSA) is 72.8 Å². The molecule has 0 radical (unpaired) electrons. The molecule has 2 unspecified atom stereocenters. The van der Waals surface area contributed by atoms with Crippen LogP contribution >= 0.6 is 0 Å². The highest BCUT2D eigenvalue weighted by Gasteiger charge is 2.38. The number of rotatable bonds is 2. The molecule has 5 nitrogen and oxygen atoms in total. The molecule has 5 heteroatoms.